The molecule has 0 spiro atoms. The van der Waals surface area contributed by atoms with Crippen molar-refractivity contribution in [1.29, 1.82) is 0 Å². The Kier molecular flexibility index (Phi) is 6.28. The average molecular weight is 483 g/mol. The SMILES string of the molecule is Cc1ccc(S(=O)(=O)NNC(=O)c2nn(Cc3ccccc3)c(=O)c3ccccc23)cc1Cl. The number of rotatable bonds is 6. The Balaban J connectivity index is 1.67. The van der Waals surface area contributed by atoms with Crippen LogP contribution in [0.2, 0.25) is 5.02 Å². The number of aromatic nitrogens is 2. The highest BCUT2D eigenvalue weighted by atomic mass is 35.5. The van der Waals surface area contributed by atoms with Gasteiger partial charge in [-0.25, -0.2) is 13.1 Å². The molecule has 0 atom stereocenters. The molecule has 0 aliphatic heterocycles. The average Bonchev–Trinajstić information content (AvgIpc) is 2.82. The summed E-state index contributed by atoms with van der Waals surface area (Å²) in [6, 6.07) is 20.0. The lowest BCUT2D eigenvalue weighted by molar-refractivity contribution is 0.0939. The van der Waals surface area contributed by atoms with E-state index in [-0.39, 0.29) is 27.7 Å². The molecule has 1 aromatic heterocycles. The van der Waals surface area contributed by atoms with Crippen LogP contribution < -0.4 is 15.8 Å². The second kappa shape index (κ2) is 9.14. The third-order valence-corrected chi connectivity index (χ3v) is 6.66. The fourth-order valence-corrected chi connectivity index (χ4v) is 4.35. The zero-order valence-electron chi connectivity index (χ0n) is 17.4. The van der Waals surface area contributed by atoms with Gasteiger partial charge >= 0.3 is 0 Å². The van der Waals surface area contributed by atoms with Crippen LogP contribution in [-0.4, -0.2) is 24.1 Å². The van der Waals surface area contributed by atoms with Crippen molar-refractivity contribution >= 4 is 38.3 Å². The van der Waals surface area contributed by atoms with E-state index in [1.807, 2.05) is 30.3 Å². The maximum absolute atomic E-state index is 12.9. The normalized spacial score (nSPS) is 11.5. The van der Waals surface area contributed by atoms with E-state index in [1.165, 1.54) is 16.8 Å². The number of hydrogen-bond donors (Lipinski definition) is 2. The van der Waals surface area contributed by atoms with Crippen LogP contribution in [-0.2, 0) is 16.6 Å². The number of hydrazine groups is 1. The van der Waals surface area contributed by atoms with E-state index < -0.39 is 15.9 Å². The van der Waals surface area contributed by atoms with Crippen LogP contribution in [0.15, 0.2) is 82.5 Å². The minimum atomic E-state index is -4.09. The van der Waals surface area contributed by atoms with Gasteiger partial charge in [0.05, 0.1) is 16.8 Å². The van der Waals surface area contributed by atoms with Crippen molar-refractivity contribution in [3.63, 3.8) is 0 Å². The molecule has 0 aliphatic carbocycles. The first-order chi connectivity index (χ1) is 15.8. The van der Waals surface area contributed by atoms with E-state index in [9.17, 15) is 18.0 Å². The number of carbonyl (C=O) groups excluding carboxylic acids is 1. The quantitative estimate of drug-likeness (QED) is 0.410. The Morgan fingerprint density at radius 2 is 1.67 bits per heavy atom. The number of hydrogen-bond acceptors (Lipinski definition) is 5. The van der Waals surface area contributed by atoms with E-state index >= 15 is 0 Å². The predicted octanol–water partition coefficient (Wildman–Crippen LogP) is 3.03. The maximum Gasteiger partial charge on any atom is 0.287 e. The highest BCUT2D eigenvalue weighted by molar-refractivity contribution is 7.89. The predicted molar refractivity (Wildman–Crippen MR) is 126 cm³/mol. The molecule has 8 nitrogen and oxygen atoms in total. The van der Waals surface area contributed by atoms with Gasteiger partial charge in [-0.15, -0.1) is 4.83 Å². The zero-order chi connectivity index (χ0) is 23.6. The lowest BCUT2D eigenvalue weighted by atomic mass is 10.1. The Labute approximate surface area is 194 Å². The standard InChI is InChI=1S/C23H19ClN4O4S/c1-15-11-12-17(13-20(15)24)33(31,32)27-25-22(29)21-18-9-5-6-10-19(18)23(30)28(26-21)14-16-7-3-2-4-8-16/h2-13,27H,14H2,1H3,(H,25,29). The van der Waals surface area contributed by atoms with Crippen molar-refractivity contribution in [3.8, 4) is 0 Å². The van der Waals surface area contributed by atoms with Crippen LogP contribution in [0.1, 0.15) is 21.6 Å². The van der Waals surface area contributed by atoms with E-state index in [4.69, 9.17) is 11.6 Å². The molecule has 1 heterocycles. The van der Waals surface area contributed by atoms with Crippen molar-refractivity contribution < 1.29 is 13.2 Å². The first kappa shape index (κ1) is 22.7. The summed E-state index contributed by atoms with van der Waals surface area (Å²) in [5, 5.41) is 5.11. The molecule has 0 aliphatic rings. The molecule has 4 aromatic rings. The highest BCUT2D eigenvalue weighted by Crippen LogP contribution is 2.20. The molecule has 0 saturated carbocycles. The van der Waals surface area contributed by atoms with Gasteiger partial charge in [0.1, 0.15) is 0 Å². The van der Waals surface area contributed by atoms with Crippen molar-refractivity contribution in [2.45, 2.75) is 18.4 Å². The van der Waals surface area contributed by atoms with E-state index in [1.54, 1.807) is 37.3 Å². The lowest BCUT2D eigenvalue weighted by Crippen LogP contribution is -2.42. The van der Waals surface area contributed by atoms with Gasteiger partial charge in [0.15, 0.2) is 5.69 Å². The summed E-state index contributed by atoms with van der Waals surface area (Å²) in [6.45, 7) is 1.90. The zero-order valence-corrected chi connectivity index (χ0v) is 19.0. The van der Waals surface area contributed by atoms with Crippen LogP contribution in [0.5, 0.6) is 0 Å². The molecule has 10 heteroatoms. The number of fused-ring (bicyclic) bond motifs is 1. The Morgan fingerprint density at radius 1 is 1.00 bits per heavy atom. The molecule has 168 valence electrons. The van der Waals surface area contributed by atoms with Crippen LogP contribution >= 0.6 is 11.6 Å². The van der Waals surface area contributed by atoms with E-state index in [0.717, 1.165) is 11.1 Å². The third kappa shape index (κ3) is 4.80. The van der Waals surface area contributed by atoms with Gasteiger partial charge in [-0.3, -0.25) is 15.0 Å². The lowest BCUT2D eigenvalue weighted by Gasteiger charge is -2.12. The molecule has 0 bridgehead atoms. The van der Waals surface area contributed by atoms with Crippen LogP contribution in [0.4, 0.5) is 0 Å². The molecule has 0 fully saturated rings. The number of amides is 1. The Hall–Kier alpha value is -3.53. The van der Waals surface area contributed by atoms with Gasteiger partial charge in [0.25, 0.3) is 21.5 Å². The molecule has 0 saturated heterocycles. The Morgan fingerprint density at radius 3 is 2.36 bits per heavy atom. The van der Waals surface area contributed by atoms with Crippen molar-refractivity contribution in [2.24, 2.45) is 0 Å². The third-order valence-electron chi connectivity index (χ3n) is 5.01. The molecule has 0 unspecified atom stereocenters. The number of aryl methyl sites for hydroxylation is 1. The van der Waals surface area contributed by atoms with Crippen molar-refractivity contribution in [2.75, 3.05) is 0 Å². The van der Waals surface area contributed by atoms with Gasteiger partial charge in [0, 0.05) is 10.4 Å². The topological polar surface area (TPSA) is 110 Å². The smallest absolute Gasteiger partial charge is 0.272 e. The largest absolute Gasteiger partial charge is 0.287 e. The van der Waals surface area contributed by atoms with Crippen molar-refractivity contribution in [1.82, 2.24) is 20.0 Å². The summed E-state index contributed by atoms with van der Waals surface area (Å²) in [5.74, 6) is -0.810. The summed E-state index contributed by atoms with van der Waals surface area (Å²) in [5.41, 5.74) is 3.27. The Bertz CT molecular complexity index is 1520. The summed E-state index contributed by atoms with van der Waals surface area (Å²) in [4.78, 5) is 27.8. The molecule has 3 aromatic carbocycles. The summed E-state index contributed by atoms with van der Waals surface area (Å²) >= 11 is 6.02. The molecule has 2 N–H and O–H groups in total. The van der Waals surface area contributed by atoms with Gasteiger partial charge in [-0.05, 0) is 36.2 Å². The minimum absolute atomic E-state index is 0.0919. The van der Waals surface area contributed by atoms with Crippen molar-refractivity contribution in [3.05, 3.63) is 105 Å². The number of nitrogens with one attached hydrogen (secondary N) is 2. The number of benzene rings is 3. The first-order valence-electron chi connectivity index (χ1n) is 9.88. The minimum Gasteiger partial charge on any atom is -0.272 e. The van der Waals surface area contributed by atoms with Gasteiger partial charge < -0.3 is 0 Å². The number of halogens is 1. The second-order valence-electron chi connectivity index (χ2n) is 7.31. The van der Waals surface area contributed by atoms with Gasteiger partial charge in [-0.2, -0.15) is 5.10 Å². The van der Waals surface area contributed by atoms with E-state index in [2.05, 4.69) is 15.4 Å². The fourth-order valence-electron chi connectivity index (χ4n) is 3.24. The van der Waals surface area contributed by atoms with Gasteiger partial charge in [0.2, 0.25) is 0 Å². The first-order valence-corrected chi connectivity index (χ1v) is 11.7. The number of sulfonamides is 1. The highest BCUT2D eigenvalue weighted by Gasteiger charge is 2.20. The fraction of sp³-hybridized carbons (Fsp3) is 0.0870. The summed E-state index contributed by atoms with van der Waals surface area (Å²) in [7, 11) is -4.09. The van der Waals surface area contributed by atoms with Gasteiger partial charge in [-0.1, -0.05) is 66.2 Å². The second-order valence-corrected chi connectivity index (χ2v) is 9.40. The van der Waals surface area contributed by atoms with Crippen LogP contribution in [0.25, 0.3) is 10.8 Å². The van der Waals surface area contributed by atoms with E-state index in [0.29, 0.717) is 10.8 Å². The number of carbonyl (C=O) groups is 1. The molecular weight excluding hydrogens is 464 g/mol. The number of nitrogens with zero attached hydrogens (tertiary/aromatic N) is 2. The molecule has 1 amide bonds. The van der Waals surface area contributed by atoms with Crippen LogP contribution in [0.3, 0.4) is 0 Å². The molecule has 4 rings (SSSR count). The summed E-state index contributed by atoms with van der Waals surface area (Å²) < 4.78 is 26.4. The molecule has 0 radical (unpaired) electrons. The molecular formula is C23H19ClN4O4S. The van der Waals surface area contributed by atoms with Crippen LogP contribution in [0, 0.1) is 6.92 Å². The molecule has 33 heavy (non-hydrogen) atoms. The maximum atomic E-state index is 12.9. The monoisotopic (exact) mass is 482 g/mol. The summed E-state index contributed by atoms with van der Waals surface area (Å²) in [6.07, 6.45) is 0.